The van der Waals surface area contributed by atoms with Crippen LogP contribution in [0.15, 0.2) is 4.99 Å². The molecular weight excluding hydrogens is 337 g/mol. The van der Waals surface area contributed by atoms with Crippen LogP contribution in [0.4, 0.5) is 0 Å². The van der Waals surface area contributed by atoms with Gasteiger partial charge in [0.05, 0.1) is 0 Å². The number of nitrogens with two attached hydrogens (primary N) is 1. The number of aliphatic imine (C=N–C) groups is 1. The summed E-state index contributed by atoms with van der Waals surface area (Å²) in [5, 5.41) is 3.19. The Morgan fingerprint density at radius 2 is 1.83 bits per heavy atom. The lowest BCUT2D eigenvalue weighted by atomic mass is 10.1. The van der Waals surface area contributed by atoms with Gasteiger partial charge in [-0.1, -0.05) is 51.9 Å². The second kappa shape index (κ2) is 12.1. The van der Waals surface area contributed by atoms with Crippen LogP contribution >= 0.6 is 24.0 Å². The molecular formula is C14H30IN3. The molecule has 0 saturated heterocycles. The van der Waals surface area contributed by atoms with E-state index in [0.717, 1.165) is 19.0 Å². The molecule has 0 aromatic rings. The maximum absolute atomic E-state index is 5.78. The van der Waals surface area contributed by atoms with Gasteiger partial charge in [0.25, 0.3) is 0 Å². The zero-order valence-corrected chi connectivity index (χ0v) is 14.1. The Kier molecular flexibility index (Phi) is 12.1. The Morgan fingerprint density at radius 3 is 2.50 bits per heavy atom. The third-order valence-electron chi connectivity index (χ3n) is 3.35. The fourth-order valence-corrected chi connectivity index (χ4v) is 1.96. The first-order valence-corrected chi connectivity index (χ1v) is 7.36. The van der Waals surface area contributed by atoms with Gasteiger partial charge in [0.15, 0.2) is 5.96 Å². The van der Waals surface area contributed by atoms with Gasteiger partial charge in [0, 0.05) is 13.1 Å². The summed E-state index contributed by atoms with van der Waals surface area (Å²) < 4.78 is 0. The second-order valence-corrected chi connectivity index (χ2v) is 5.19. The van der Waals surface area contributed by atoms with Crippen LogP contribution < -0.4 is 11.1 Å². The third kappa shape index (κ3) is 11.1. The Hall–Kier alpha value is 0. The molecule has 0 radical (unpaired) electrons. The topological polar surface area (TPSA) is 50.4 Å². The van der Waals surface area contributed by atoms with Crippen molar-refractivity contribution in [2.75, 3.05) is 13.1 Å². The zero-order valence-electron chi connectivity index (χ0n) is 11.8. The van der Waals surface area contributed by atoms with E-state index in [0.29, 0.717) is 5.96 Å². The molecule has 1 rings (SSSR count). The van der Waals surface area contributed by atoms with Gasteiger partial charge in [-0.3, -0.25) is 4.99 Å². The van der Waals surface area contributed by atoms with E-state index in [1.54, 1.807) is 0 Å². The van der Waals surface area contributed by atoms with E-state index >= 15 is 0 Å². The van der Waals surface area contributed by atoms with Gasteiger partial charge < -0.3 is 11.1 Å². The number of guanidine groups is 1. The molecule has 0 aromatic carbocycles. The molecule has 0 bridgehead atoms. The standard InChI is InChI=1S/C14H29N3.HI/c1-2-3-4-5-6-7-11-16-14(15)17-12-10-13-8-9-13;/h13H,2-12H2,1H3,(H3,15,16,17);1H. The van der Waals surface area contributed by atoms with Crippen molar-refractivity contribution in [3.05, 3.63) is 0 Å². The fraction of sp³-hybridized carbons (Fsp3) is 0.929. The summed E-state index contributed by atoms with van der Waals surface area (Å²) in [6.07, 6.45) is 12.0. The lowest BCUT2D eigenvalue weighted by Gasteiger charge is -2.04. The van der Waals surface area contributed by atoms with Crippen LogP contribution in [-0.2, 0) is 0 Å². The van der Waals surface area contributed by atoms with Crippen LogP contribution in [0, 0.1) is 5.92 Å². The number of rotatable bonds is 10. The maximum atomic E-state index is 5.78. The summed E-state index contributed by atoms with van der Waals surface area (Å²) >= 11 is 0. The van der Waals surface area contributed by atoms with Crippen LogP contribution in [0.1, 0.15) is 64.7 Å². The van der Waals surface area contributed by atoms with Crippen LogP contribution in [-0.4, -0.2) is 19.0 Å². The second-order valence-electron chi connectivity index (χ2n) is 5.19. The van der Waals surface area contributed by atoms with Crippen LogP contribution in [0.3, 0.4) is 0 Å². The van der Waals surface area contributed by atoms with Crippen molar-refractivity contribution < 1.29 is 0 Å². The Morgan fingerprint density at radius 1 is 1.17 bits per heavy atom. The summed E-state index contributed by atoms with van der Waals surface area (Å²) in [4.78, 5) is 4.34. The molecule has 0 heterocycles. The summed E-state index contributed by atoms with van der Waals surface area (Å²) in [5.41, 5.74) is 5.78. The van der Waals surface area contributed by atoms with E-state index in [1.807, 2.05) is 0 Å². The summed E-state index contributed by atoms with van der Waals surface area (Å²) in [5.74, 6) is 1.60. The Balaban J connectivity index is 0.00000289. The predicted octanol–water partition coefficient (Wildman–Crippen LogP) is 3.67. The van der Waals surface area contributed by atoms with Crippen molar-refractivity contribution in [3.8, 4) is 0 Å². The average molecular weight is 367 g/mol. The first kappa shape index (κ1) is 18.0. The van der Waals surface area contributed by atoms with Crippen molar-refractivity contribution in [2.24, 2.45) is 16.6 Å². The molecule has 1 aliphatic carbocycles. The zero-order chi connectivity index (χ0) is 12.3. The number of nitrogens with one attached hydrogen (secondary N) is 1. The van der Waals surface area contributed by atoms with E-state index in [4.69, 9.17) is 5.73 Å². The minimum absolute atomic E-state index is 0. The van der Waals surface area contributed by atoms with Crippen LogP contribution in [0.5, 0.6) is 0 Å². The first-order valence-electron chi connectivity index (χ1n) is 7.36. The van der Waals surface area contributed by atoms with E-state index in [9.17, 15) is 0 Å². The third-order valence-corrected chi connectivity index (χ3v) is 3.35. The number of hydrogen-bond donors (Lipinski definition) is 2. The molecule has 0 aromatic heterocycles. The van der Waals surface area contributed by atoms with Crippen molar-refractivity contribution in [1.29, 1.82) is 0 Å². The Labute approximate surface area is 129 Å². The highest BCUT2D eigenvalue weighted by atomic mass is 127. The predicted molar refractivity (Wildman–Crippen MR) is 90.6 cm³/mol. The van der Waals surface area contributed by atoms with E-state index in [1.165, 1.54) is 57.8 Å². The number of unbranched alkanes of at least 4 members (excludes halogenated alkanes) is 5. The van der Waals surface area contributed by atoms with Crippen LogP contribution in [0.2, 0.25) is 0 Å². The highest BCUT2D eigenvalue weighted by Crippen LogP contribution is 2.31. The van der Waals surface area contributed by atoms with E-state index in [-0.39, 0.29) is 24.0 Å². The SMILES string of the molecule is CCCCCCCCN=C(N)NCCC1CC1.I. The quantitative estimate of drug-likeness (QED) is 0.268. The molecule has 1 fully saturated rings. The molecule has 0 unspecified atom stereocenters. The van der Waals surface area contributed by atoms with Gasteiger partial charge in [-0.25, -0.2) is 0 Å². The molecule has 3 nitrogen and oxygen atoms in total. The van der Waals surface area contributed by atoms with E-state index < -0.39 is 0 Å². The highest BCUT2D eigenvalue weighted by Gasteiger charge is 2.20. The van der Waals surface area contributed by atoms with Gasteiger partial charge in [-0.05, 0) is 18.8 Å². The molecule has 0 amide bonds. The van der Waals surface area contributed by atoms with Gasteiger partial charge in [-0.15, -0.1) is 24.0 Å². The van der Waals surface area contributed by atoms with Gasteiger partial charge in [0.2, 0.25) is 0 Å². The summed E-state index contributed by atoms with van der Waals surface area (Å²) in [6, 6.07) is 0. The molecule has 18 heavy (non-hydrogen) atoms. The van der Waals surface area contributed by atoms with Gasteiger partial charge in [0.1, 0.15) is 0 Å². The van der Waals surface area contributed by atoms with Crippen molar-refractivity contribution in [1.82, 2.24) is 5.32 Å². The monoisotopic (exact) mass is 367 g/mol. The highest BCUT2D eigenvalue weighted by molar-refractivity contribution is 14.0. The van der Waals surface area contributed by atoms with Crippen LogP contribution in [0.25, 0.3) is 0 Å². The van der Waals surface area contributed by atoms with Crippen molar-refractivity contribution in [2.45, 2.75) is 64.7 Å². The minimum atomic E-state index is 0. The molecule has 3 N–H and O–H groups in total. The largest absolute Gasteiger partial charge is 0.370 e. The molecule has 0 aliphatic heterocycles. The summed E-state index contributed by atoms with van der Waals surface area (Å²) in [7, 11) is 0. The van der Waals surface area contributed by atoms with Gasteiger partial charge >= 0.3 is 0 Å². The molecule has 1 aliphatic rings. The number of hydrogen-bond acceptors (Lipinski definition) is 1. The maximum Gasteiger partial charge on any atom is 0.188 e. The smallest absolute Gasteiger partial charge is 0.188 e. The van der Waals surface area contributed by atoms with E-state index in [2.05, 4.69) is 17.2 Å². The van der Waals surface area contributed by atoms with Crippen molar-refractivity contribution in [3.63, 3.8) is 0 Å². The molecule has 108 valence electrons. The first-order chi connectivity index (χ1) is 8.33. The summed E-state index contributed by atoms with van der Waals surface area (Å²) in [6.45, 7) is 4.13. The molecule has 1 saturated carbocycles. The Bertz CT molecular complexity index is 215. The minimum Gasteiger partial charge on any atom is -0.370 e. The lowest BCUT2D eigenvalue weighted by molar-refractivity contribution is 0.611. The van der Waals surface area contributed by atoms with Gasteiger partial charge in [-0.2, -0.15) is 0 Å². The normalized spacial score (nSPS) is 15.3. The number of halogens is 1. The van der Waals surface area contributed by atoms with Crippen molar-refractivity contribution >= 4 is 29.9 Å². The number of nitrogens with zero attached hydrogens (tertiary/aromatic N) is 1. The fourth-order valence-electron chi connectivity index (χ4n) is 1.96. The lowest BCUT2D eigenvalue weighted by Crippen LogP contribution is -2.32. The molecule has 0 spiro atoms. The average Bonchev–Trinajstić information content (AvgIpc) is 3.12. The molecule has 4 heteroatoms. The molecule has 0 atom stereocenters.